The summed E-state index contributed by atoms with van der Waals surface area (Å²) in [5.74, 6) is -0.407. The Labute approximate surface area is 89.8 Å². The molecule has 3 nitrogen and oxygen atoms in total. The number of carbonyl (C=O) groups excluding carboxylic acids is 1. The molecule has 0 aliphatic heterocycles. The van der Waals surface area contributed by atoms with E-state index < -0.39 is 11.6 Å². The van der Waals surface area contributed by atoms with E-state index >= 15 is 0 Å². The summed E-state index contributed by atoms with van der Waals surface area (Å²) >= 11 is 0. The molecule has 0 amide bonds. The molecule has 1 heterocycles. The van der Waals surface area contributed by atoms with Crippen LogP contribution in [0.2, 0.25) is 0 Å². The van der Waals surface area contributed by atoms with Crippen molar-refractivity contribution in [3.05, 3.63) is 36.7 Å². The summed E-state index contributed by atoms with van der Waals surface area (Å²) in [5.41, 5.74) is 0.521. The lowest BCUT2D eigenvalue weighted by Gasteiger charge is -2.20. The van der Waals surface area contributed by atoms with Gasteiger partial charge in [0.25, 0.3) is 0 Å². The first-order valence-electron chi connectivity index (χ1n) is 4.73. The van der Waals surface area contributed by atoms with Gasteiger partial charge in [0.1, 0.15) is 5.60 Å². The molecule has 0 saturated heterocycles. The number of carbonyl (C=O) groups is 1. The van der Waals surface area contributed by atoms with Gasteiger partial charge in [-0.05, 0) is 26.8 Å². The van der Waals surface area contributed by atoms with E-state index in [0.717, 1.165) is 0 Å². The monoisotopic (exact) mass is 205 g/mol. The summed E-state index contributed by atoms with van der Waals surface area (Å²) in [6, 6.07) is 3.53. The highest BCUT2D eigenvalue weighted by atomic mass is 16.6. The van der Waals surface area contributed by atoms with Crippen molar-refractivity contribution in [3.63, 3.8) is 0 Å². The van der Waals surface area contributed by atoms with E-state index in [2.05, 4.69) is 11.6 Å². The molecule has 0 fully saturated rings. The molecule has 1 aromatic heterocycles. The van der Waals surface area contributed by atoms with E-state index in [9.17, 15) is 4.79 Å². The summed E-state index contributed by atoms with van der Waals surface area (Å²) in [6.07, 6.45) is 3.23. The third-order valence-electron chi connectivity index (χ3n) is 1.66. The number of rotatable bonds is 2. The van der Waals surface area contributed by atoms with Gasteiger partial charge in [0.15, 0.2) is 0 Å². The number of pyridine rings is 1. The second-order valence-corrected chi connectivity index (χ2v) is 4.22. The van der Waals surface area contributed by atoms with Crippen LogP contribution in [0.15, 0.2) is 31.1 Å². The lowest BCUT2D eigenvalue weighted by molar-refractivity contribution is -0.147. The fraction of sp³-hybridized carbons (Fsp3) is 0.333. The van der Waals surface area contributed by atoms with Crippen LogP contribution in [0.4, 0.5) is 0 Å². The van der Waals surface area contributed by atoms with Gasteiger partial charge in [0.05, 0.1) is 5.57 Å². The van der Waals surface area contributed by atoms with Crippen LogP contribution in [0.3, 0.4) is 0 Å². The van der Waals surface area contributed by atoms with Gasteiger partial charge >= 0.3 is 5.97 Å². The Morgan fingerprint density at radius 3 is 2.60 bits per heavy atom. The van der Waals surface area contributed by atoms with Crippen LogP contribution in [-0.4, -0.2) is 16.6 Å². The molecule has 0 radical (unpaired) electrons. The molecule has 0 spiro atoms. The first-order valence-corrected chi connectivity index (χ1v) is 4.73. The van der Waals surface area contributed by atoms with Crippen LogP contribution in [0.5, 0.6) is 0 Å². The Morgan fingerprint density at radius 1 is 1.47 bits per heavy atom. The van der Waals surface area contributed by atoms with E-state index in [-0.39, 0.29) is 0 Å². The van der Waals surface area contributed by atoms with Crippen molar-refractivity contribution < 1.29 is 9.53 Å². The largest absolute Gasteiger partial charge is 0.456 e. The molecular formula is C12H15NO2. The molecule has 0 aliphatic rings. The van der Waals surface area contributed by atoms with E-state index in [0.29, 0.717) is 11.1 Å². The molecule has 3 heteroatoms. The highest BCUT2D eigenvalue weighted by Gasteiger charge is 2.19. The van der Waals surface area contributed by atoms with Crippen LogP contribution in [0.1, 0.15) is 26.3 Å². The number of hydrogen-bond acceptors (Lipinski definition) is 3. The second kappa shape index (κ2) is 4.26. The van der Waals surface area contributed by atoms with Crippen LogP contribution in [-0.2, 0) is 9.53 Å². The first-order chi connectivity index (χ1) is 6.90. The molecule has 0 aliphatic carbocycles. The summed E-state index contributed by atoms with van der Waals surface area (Å²) in [7, 11) is 0. The second-order valence-electron chi connectivity index (χ2n) is 4.22. The van der Waals surface area contributed by atoms with Gasteiger partial charge in [-0.15, -0.1) is 0 Å². The maximum atomic E-state index is 11.6. The van der Waals surface area contributed by atoms with Gasteiger partial charge in [-0.25, -0.2) is 4.79 Å². The molecule has 0 bridgehead atoms. The molecule has 0 aromatic carbocycles. The molecule has 0 N–H and O–H groups in total. The minimum atomic E-state index is -0.498. The van der Waals surface area contributed by atoms with Crippen molar-refractivity contribution in [2.75, 3.05) is 0 Å². The third-order valence-corrected chi connectivity index (χ3v) is 1.66. The van der Waals surface area contributed by atoms with Crippen molar-refractivity contribution in [3.8, 4) is 0 Å². The topological polar surface area (TPSA) is 39.2 Å². The van der Waals surface area contributed by atoms with Gasteiger partial charge in [-0.1, -0.05) is 12.6 Å². The molecule has 15 heavy (non-hydrogen) atoms. The Balaban J connectivity index is 2.75. The highest BCUT2D eigenvalue weighted by molar-refractivity contribution is 6.15. The van der Waals surface area contributed by atoms with Crippen molar-refractivity contribution in [1.29, 1.82) is 0 Å². The predicted octanol–water partition coefficient (Wildman–Crippen LogP) is 2.44. The normalized spacial score (nSPS) is 10.9. The van der Waals surface area contributed by atoms with Crippen molar-refractivity contribution in [2.24, 2.45) is 0 Å². The fourth-order valence-electron chi connectivity index (χ4n) is 0.999. The fourth-order valence-corrected chi connectivity index (χ4v) is 0.999. The van der Waals surface area contributed by atoms with Gasteiger partial charge in [0, 0.05) is 18.0 Å². The molecular weight excluding hydrogens is 190 g/mol. The molecule has 0 atom stereocenters. The van der Waals surface area contributed by atoms with Crippen LogP contribution >= 0.6 is 0 Å². The van der Waals surface area contributed by atoms with Crippen molar-refractivity contribution in [2.45, 2.75) is 26.4 Å². The van der Waals surface area contributed by atoms with Crippen molar-refractivity contribution >= 4 is 11.5 Å². The van der Waals surface area contributed by atoms with Crippen LogP contribution in [0.25, 0.3) is 5.57 Å². The minimum Gasteiger partial charge on any atom is -0.456 e. The van der Waals surface area contributed by atoms with Gasteiger partial charge < -0.3 is 4.74 Å². The average Bonchev–Trinajstić information content (AvgIpc) is 2.15. The smallest absolute Gasteiger partial charge is 0.338 e. The standard InChI is InChI=1S/C12H15NO2/c1-9(10-6-5-7-13-8-10)11(14)15-12(2,3)4/h5-8H,1H2,2-4H3. The first kappa shape index (κ1) is 11.4. The summed E-state index contributed by atoms with van der Waals surface area (Å²) < 4.78 is 5.19. The zero-order chi connectivity index (χ0) is 11.5. The Morgan fingerprint density at radius 2 is 2.13 bits per heavy atom. The maximum absolute atomic E-state index is 11.6. The maximum Gasteiger partial charge on any atom is 0.338 e. The number of ether oxygens (including phenoxy) is 1. The molecule has 1 aromatic rings. The summed E-state index contributed by atoms with van der Waals surface area (Å²) in [6.45, 7) is 9.16. The lowest BCUT2D eigenvalue weighted by Crippen LogP contribution is -2.24. The lowest BCUT2D eigenvalue weighted by atomic mass is 10.1. The number of aromatic nitrogens is 1. The molecule has 80 valence electrons. The number of esters is 1. The van der Waals surface area contributed by atoms with Gasteiger partial charge in [-0.3, -0.25) is 4.98 Å². The van der Waals surface area contributed by atoms with E-state index in [1.54, 1.807) is 24.5 Å². The Bertz CT molecular complexity index is 363. The summed E-state index contributed by atoms with van der Waals surface area (Å²) in [5, 5.41) is 0. The van der Waals surface area contributed by atoms with Crippen molar-refractivity contribution in [1.82, 2.24) is 4.98 Å². The predicted molar refractivity (Wildman–Crippen MR) is 59.1 cm³/mol. The Kier molecular flexibility index (Phi) is 3.24. The molecule has 0 unspecified atom stereocenters. The molecule has 0 saturated carbocycles. The van der Waals surface area contributed by atoms with Crippen LogP contribution < -0.4 is 0 Å². The van der Waals surface area contributed by atoms with E-state index in [1.807, 2.05) is 20.8 Å². The minimum absolute atomic E-state index is 0.332. The average molecular weight is 205 g/mol. The number of nitrogens with zero attached hydrogens (tertiary/aromatic N) is 1. The zero-order valence-electron chi connectivity index (χ0n) is 9.28. The van der Waals surface area contributed by atoms with Crippen LogP contribution in [0, 0.1) is 0 Å². The summed E-state index contributed by atoms with van der Waals surface area (Å²) in [4.78, 5) is 15.5. The van der Waals surface area contributed by atoms with Gasteiger partial charge in [0.2, 0.25) is 0 Å². The Hall–Kier alpha value is -1.64. The zero-order valence-corrected chi connectivity index (χ0v) is 9.28. The van der Waals surface area contributed by atoms with E-state index in [4.69, 9.17) is 4.74 Å². The quantitative estimate of drug-likeness (QED) is 0.550. The number of hydrogen-bond donors (Lipinski definition) is 0. The highest BCUT2D eigenvalue weighted by Crippen LogP contribution is 2.16. The van der Waals surface area contributed by atoms with Gasteiger partial charge in [-0.2, -0.15) is 0 Å². The molecule has 1 rings (SSSR count). The SMILES string of the molecule is C=C(C(=O)OC(C)(C)C)c1cccnc1. The van der Waals surface area contributed by atoms with E-state index in [1.165, 1.54) is 0 Å². The third kappa shape index (κ3) is 3.54.